The van der Waals surface area contributed by atoms with Crippen LogP contribution in [0.1, 0.15) is 109 Å². The van der Waals surface area contributed by atoms with Crippen LogP contribution < -0.4 is 59.7 Å². The van der Waals surface area contributed by atoms with E-state index in [4.69, 9.17) is 17.2 Å². The molecule has 1 aromatic rings. The van der Waals surface area contributed by atoms with Gasteiger partial charge in [-0.1, -0.05) is 70.4 Å². The number of rotatable bonds is 21. The first kappa shape index (κ1) is 60.2. The normalized spacial score (nSPS) is 24.2. The summed E-state index contributed by atoms with van der Waals surface area (Å²) >= 11 is 0. The Hall–Kier alpha value is -6.93. The van der Waals surface area contributed by atoms with Gasteiger partial charge in [0.1, 0.15) is 48.0 Å². The van der Waals surface area contributed by atoms with Crippen LogP contribution in [-0.4, -0.2) is 153 Å². The van der Waals surface area contributed by atoms with Crippen LogP contribution in [0.25, 0.3) is 0 Å². The predicted molar refractivity (Wildman–Crippen MR) is 251 cm³/mol. The number of benzene rings is 1. The highest BCUT2D eigenvalue weighted by atomic mass is 16.3. The van der Waals surface area contributed by atoms with Crippen LogP contribution in [0.2, 0.25) is 0 Å². The molecule has 9 unspecified atom stereocenters. The summed E-state index contributed by atoms with van der Waals surface area (Å²) in [6.45, 7) is 1.08. The molecular formula is C45H71N11O15. The average molecular weight is 1010 g/mol. The maximum Gasteiger partial charge on any atom is 0.245 e. The van der Waals surface area contributed by atoms with Gasteiger partial charge in [-0.15, -0.1) is 0 Å². The maximum atomic E-state index is 14.0. The molecule has 9 atom stereocenters. The van der Waals surface area contributed by atoms with Crippen molar-refractivity contribution in [1.29, 1.82) is 0 Å². The molecule has 26 nitrogen and oxygen atoms in total. The second kappa shape index (κ2) is 31.3. The van der Waals surface area contributed by atoms with Crippen molar-refractivity contribution in [3.63, 3.8) is 0 Å². The molecule has 11 amide bonds. The highest BCUT2D eigenvalue weighted by Gasteiger charge is 2.36. The molecule has 0 spiro atoms. The second-order valence-electron chi connectivity index (χ2n) is 17.4. The summed E-state index contributed by atoms with van der Waals surface area (Å²) in [4.78, 5) is 146. The highest BCUT2D eigenvalue weighted by Crippen LogP contribution is 2.15. The zero-order valence-corrected chi connectivity index (χ0v) is 40.0. The minimum absolute atomic E-state index is 0.179. The number of aliphatic hydroxyl groups excluding tert-OH is 3. The van der Waals surface area contributed by atoms with E-state index in [0.717, 1.165) is 45.4 Å². The van der Waals surface area contributed by atoms with Gasteiger partial charge >= 0.3 is 0 Å². The van der Waals surface area contributed by atoms with Gasteiger partial charge in [-0.05, 0) is 37.5 Å². The monoisotopic (exact) mass is 1010 g/mol. The summed E-state index contributed by atoms with van der Waals surface area (Å²) in [5, 5.41) is 59.4. The Balaban J connectivity index is 2.71. The van der Waals surface area contributed by atoms with Crippen LogP contribution in [0.15, 0.2) is 24.3 Å². The lowest BCUT2D eigenvalue weighted by Crippen LogP contribution is -2.62. The van der Waals surface area contributed by atoms with Crippen molar-refractivity contribution in [2.24, 2.45) is 17.2 Å². The van der Waals surface area contributed by atoms with Gasteiger partial charge in [0, 0.05) is 25.3 Å². The third kappa shape index (κ3) is 22.6. The number of amides is 11. The van der Waals surface area contributed by atoms with E-state index in [0.29, 0.717) is 12.8 Å². The van der Waals surface area contributed by atoms with E-state index in [1.54, 1.807) is 0 Å². The minimum atomic E-state index is -1.91. The van der Waals surface area contributed by atoms with Crippen molar-refractivity contribution in [3.05, 3.63) is 29.8 Å². The van der Waals surface area contributed by atoms with E-state index in [1.165, 1.54) is 24.3 Å². The molecule has 0 radical (unpaired) electrons. The van der Waals surface area contributed by atoms with Crippen molar-refractivity contribution in [3.8, 4) is 5.75 Å². The van der Waals surface area contributed by atoms with Crippen molar-refractivity contribution in [2.45, 2.75) is 165 Å². The van der Waals surface area contributed by atoms with Crippen molar-refractivity contribution in [2.75, 3.05) is 13.2 Å². The molecule has 0 aliphatic carbocycles. The van der Waals surface area contributed by atoms with E-state index in [9.17, 15) is 73.2 Å². The number of phenolic OH excluding ortho intramolecular Hbond substituents is 1. The Morgan fingerprint density at radius 3 is 1.49 bits per heavy atom. The molecule has 0 saturated carbocycles. The van der Waals surface area contributed by atoms with Gasteiger partial charge in [-0.2, -0.15) is 0 Å². The molecular weight excluding hydrogens is 935 g/mol. The molecule has 0 aromatic heterocycles. The molecule has 2 rings (SSSR count). The van der Waals surface area contributed by atoms with Gasteiger partial charge in [0.15, 0.2) is 0 Å². The topological polar surface area (TPSA) is 443 Å². The second-order valence-corrected chi connectivity index (χ2v) is 17.4. The standard InChI is InChI=1S/C45H71N11O15/c1-3-4-5-6-7-8-9-10-11-26-19-37(64)50-32(22-57)43(69)51-28(16-17-34(46)61)39(65)53-30(20-35(47)62)41(67)52-29(18-25-12-14-27(60)15-13-25)40(66)54-31(21-36(48)63)42(68)55-33(23-58)44(70)56-38(24(2)59)45(71)49-26/h12-15,24,26,28-33,38,57-60H,3-11,16-23H2,1-2H3,(H2,46,61)(H2,47,62)(H2,48,63)(H,49,71)(H,50,64)(H,51,69)(H,52,67)(H,53,65)(H,54,66)(H,55,68)(H,56,70). The Labute approximate surface area is 410 Å². The van der Waals surface area contributed by atoms with E-state index < -0.39 is 171 Å². The van der Waals surface area contributed by atoms with Gasteiger partial charge in [0.2, 0.25) is 65.0 Å². The van der Waals surface area contributed by atoms with Crippen LogP contribution in [0.4, 0.5) is 0 Å². The van der Waals surface area contributed by atoms with E-state index in [1.807, 2.05) is 0 Å². The molecule has 1 saturated heterocycles. The third-order valence-electron chi connectivity index (χ3n) is 11.3. The fourth-order valence-corrected chi connectivity index (χ4v) is 7.38. The number of primary amides is 3. The molecule has 26 heteroatoms. The molecule has 18 N–H and O–H groups in total. The molecule has 0 bridgehead atoms. The number of hydrogen-bond acceptors (Lipinski definition) is 15. The van der Waals surface area contributed by atoms with Crippen molar-refractivity contribution >= 4 is 65.0 Å². The van der Waals surface area contributed by atoms with Gasteiger partial charge in [0.05, 0.1) is 32.2 Å². The van der Waals surface area contributed by atoms with Crippen LogP contribution in [0.5, 0.6) is 5.75 Å². The fraction of sp³-hybridized carbons (Fsp3) is 0.622. The first-order valence-electron chi connectivity index (χ1n) is 23.5. The molecule has 1 aromatic carbocycles. The molecule has 1 heterocycles. The van der Waals surface area contributed by atoms with Gasteiger partial charge in [-0.25, -0.2) is 0 Å². The third-order valence-corrected chi connectivity index (χ3v) is 11.3. The molecule has 71 heavy (non-hydrogen) atoms. The summed E-state index contributed by atoms with van der Waals surface area (Å²) in [5.41, 5.74) is 16.4. The van der Waals surface area contributed by atoms with Crippen LogP contribution >= 0.6 is 0 Å². The number of nitrogens with two attached hydrogens (primary N) is 3. The van der Waals surface area contributed by atoms with E-state index in [2.05, 4.69) is 49.5 Å². The van der Waals surface area contributed by atoms with Crippen LogP contribution in [0.3, 0.4) is 0 Å². The number of hydrogen-bond donors (Lipinski definition) is 15. The van der Waals surface area contributed by atoms with Crippen LogP contribution in [-0.2, 0) is 59.2 Å². The van der Waals surface area contributed by atoms with Crippen molar-refractivity contribution < 1.29 is 73.2 Å². The quantitative estimate of drug-likeness (QED) is 0.0514. The lowest BCUT2D eigenvalue weighted by atomic mass is 10.0. The Bertz CT molecular complexity index is 2010. The maximum absolute atomic E-state index is 14.0. The minimum Gasteiger partial charge on any atom is -0.508 e. The first-order valence-corrected chi connectivity index (χ1v) is 23.5. The Kier molecular flexibility index (Phi) is 26.6. The molecule has 396 valence electrons. The SMILES string of the molecule is CCCCCCCCCCC1CC(=O)NC(CO)C(=O)NC(CCC(N)=O)C(=O)NC(CC(N)=O)C(=O)NC(Cc2ccc(O)cc2)C(=O)NC(CC(N)=O)C(=O)NC(CO)C(=O)NC(C(C)O)C(=O)N1. The smallest absolute Gasteiger partial charge is 0.245 e. The van der Waals surface area contributed by atoms with Gasteiger partial charge in [0.25, 0.3) is 0 Å². The summed E-state index contributed by atoms with van der Waals surface area (Å²) in [5.74, 6) is -12.6. The van der Waals surface area contributed by atoms with Crippen molar-refractivity contribution in [1.82, 2.24) is 42.5 Å². The summed E-state index contributed by atoms with van der Waals surface area (Å²) in [6.07, 6.45) is 1.97. The summed E-state index contributed by atoms with van der Waals surface area (Å²) in [6, 6.07) is -8.51. The number of carbonyl (C=O) groups excluding carboxylic acids is 11. The average Bonchev–Trinajstić information content (AvgIpc) is 3.29. The number of aromatic hydroxyl groups is 1. The number of unbranched alkanes of at least 4 members (excludes halogenated alkanes) is 7. The lowest BCUT2D eigenvalue weighted by molar-refractivity contribution is -0.137. The van der Waals surface area contributed by atoms with Gasteiger partial charge in [-0.3, -0.25) is 52.7 Å². The zero-order chi connectivity index (χ0) is 53.2. The highest BCUT2D eigenvalue weighted by molar-refractivity contribution is 6.00. The number of nitrogens with one attached hydrogen (secondary N) is 8. The Morgan fingerprint density at radius 2 is 0.986 bits per heavy atom. The summed E-state index contributed by atoms with van der Waals surface area (Å²) in [7, 11) is 0. The van der Waals surface area contributed by atoms with E-state index in [-0.39, 0.29) is 17.7 Å². The lowest BCUT2D eigenvalue weighted by Gasteiger charge is -2.28. The summed E-state index contributed by atoms with van der Waals surface area (Å²) < 4.78 is 0. The van der Waals surface area contributed by atoms with Crippen LogP contribution in [0, 0.1) is 0 Å². The number of aliphatic hydroxyl groups is 3. The number of carbonyl (C=O) groups is 11. The number of phenols is 1. The zero-order valence-electron chi connectivity index (χ0n) is 40.0. The van der Waals surface area contributed by atoms with Gasteiger partial charge < -0.3 is 80.2 Å². The Morgan fingerprint density at radius 1 is 0.549 bits per heavy atom. The predicted octanol–water partition coefficient (Wildman–Crippen LogP) is -4.87. The first-order chi connectivity index (χ1) is 33.6. The molecule has 1 fully saturated rings. The largest absolute Gasteiger partial charge is 0.508 e. The van der Waals surface area contributed by atoms with E-state index >= 15 is 0 Å². The molecule has 1 aliphatic heterocycles. The molecule has 1 aliphatic rings. The fourth-order valence-electron chi connectivity index (χ4n) is 7.38.